The number of hydrogen-bond acceptors (Lipinski definition) is 3. The molecule has 21 heavy (non-hydrogen) atoms. The molecule has 1 aliphatic rings. The summed E-state index contributed by atoms with van der Waals surface area (Å²) >= 11 is 1.64. The van der Waals surface area contributed by atoms with Gasteiger partial charge in [0.25, 0.3) is 0 Å². The fourth-order valence-corrected chi connectivity index (χ4v) is 3.73. The third kappa shape index (κ3) is 4.56. The molecule has 0 saturated heterocycles. The van der Waals surface area contributed by atoms with Gasteiger partial charge in [-0.05, 0) is 41.7 Å². The predicted octanol–water partition coefficient (Wildman–Crippen LogP) is 3.22. The van der Waals surface area contributed by atoms with Gasteiger partial charge in [0.1, 0.15) is 0 Å². The van der Waals surface area contributed by atoms with Gasteiger partial charge in [-0.1, -0.05) is 25.7 Å². The smallest absolute Gasteiger partial charge is 0.310 e. The number of hydrogen-bond donors (Lipinski definition) is 2. The van der Waals surface area contributed by atoms with E-state index in [0.29, 0.717) is 19.4 Å². The van der Waals surface area contributed by atoms with Gasteiger partial charge < -0.3 is 10.4 Å². The molecule has 0 radical (unpaired) electrons. The molecule has 116 valence electrons. The van der Waals surface area contributed by atoms with Crippen molar-refractivity contribution in [3.63, 3.8) is 0 Å². The third-order valence-electron chi connectivity index (χ3n) is 4.33. The molecule has 4 nitrogen and oxygen atoms in total. The molecular weight excluding hydrogens is 286 g/mol. The SMILES string of the molecule is O=C(CC1(C(=O)O)CCCCCC1)NCCc1ccsc1. The maximum Gasteiger partial charge on any atom is 0.310 e. The molecule has 2 N–H and O–H groups in total. The van der Waals surface area contributed by atoms with Crippen LogP contribution in [0, 0.1) is 5.41 Å². The van der Waals surface area contributed by atoms with Gasteiger partial charge in [0, 0.05) is 13.0 Å². The summed E-state index contributed by atoms with van der Waals surface area (Å²) in [6.07, 6.45) is 6.15. The Hall–Kier alpha value is -1.36. The quantitative estimate of drug-likeness (QED) is 0.793. The molecule has 0 bridgehead atoms. The Balaban J connectivity index is 1.84. The van der Waals surface area contributed by atoms with Crippen LogP contribution in [0.2, 0.25) is 0 Å². The third-order valence-corrected chi connectivity index (χ3v) is 5.06. The van der Waals surface area contributed by atoms with Crippen molar-refractivity contribution in [3.05, 3.63) is 22.4 Å². The van der Waals surface area contributed by atoms with E-state index in [1.807, 2.05) is 11.4 Å². The molecule has 1 aromatic rings. The lowest BCUT2D eigenvalue weighted by Gasteiger charge is -2.27. The van der Waals surface area contributed by atoms with E-state index in [0.717, 1.165) is 32.1 Å². The van der Waals surface area contributed by atoms with Crippen molar-refractivity contribution >= 4 is 23.2 Å². The lowest BCUT2D eigenvalue weighted by Crippen LogP contribution is -2.38. The minimum Gasteiger partial charge on any atom is -0.481 e. The molecule has 0 aromatic carbocycles. The van der Waals surface area contributed by atoms with Gasteiger partial charge in [-0.2, -0.15) is 11.3 Å². The Bertz CT molecular complexity index is 462. The van der Waals surface area contributed by atoms with Crippen LogP contribution in [0.1, 0.15) is 50.5 Å². The van der Waals surface area contributed by atoms with Crippen molar-refractivity contribution in [2.45, 2.75) is 51.4 Å². The van der Waals surface area contributed by atoms with E-state index in [4.69, 9.17) is 0 Å². The van der Waals surface area contributed by atoms with Crippen LogP contribution in [0.25, 0.3) is 0 Å². The van der Waals surface area contributed by atoms with Gasteiger partial charge in [0.2, 0.25) is 5.91 Å². The highest BCUT2D eigenvalue weighted by atomic mass is 32.1. The second-order valence-corrected chi connectivity index (χ2v) is 6.69. The average Bonchev–Trinajstić information content (AvgIpc) is 2.84. The van der Waals surface area contributed by atoms with Crippen LogP contribution >= 0.6 is 11.3 Å². The zero-order valence-corrected chi connectivity index (χ0v) is 13.1. The number of carboxylic acids is 1. The molecule has 5 heteroatoms. The maximum absolute atomic E-state index is 12.1. The molecule has 1 heterocycles. The molecule has 1 aliphatic carbocycles. The Morgan fingerprint density at radius 3 is 2.52 bits per heavy atom. The molecule has 2 rings (SSSR count). The number of nitrogens with one attached hydrogen (secondary N) is 1. The van der Waals surface area contributed by atoms with Crippen molar-refractivity contribution < 1.29 is 14.7 Å². The van der Waals surface area contributed by atoms with Gasteiger partial charge in [0.05, 0.1) is 5.41 Å². The van der Waals surface area contributed by atoms with E-state index >= 15 is 0 Å². The van der Waals surface area contributed by atoms with Crippen molar-refractivity contribution in [1.29, 1.82) is 0 Å². The van der Waals surface area contributed by atoms with Crippen LogP contribution in [-0.4, -0.2) is 23.5 Å². The van der Waals surface area contributed by atoms with Crippen molar-refractivity contribution in [3.8, 4) is 0 Å². The summed E-state index contributed by atoms with van der Waals surface area (Å²) in [5.41, 5.74) is 0.367. The average molecular weight is 309 g/mol. The Morgan fingerprint density at radius 2 is 1.95 bits per heavy atom. The van der Waals surface area contributed by atoms with Crippen molar-refractivity contribution in [2.75, 3.05) is 6.54 Å². The Morgan fingerprint density at radius 1 is 1.24 bits per heavy atom. The summed E-state index contributed by atoms with van der Waals surface area (Å²) in [6, 6.07) is 2.04. The molecule has 0 spiro atoms. The van der Waals surface area contributed by atoms with Crippen LogP contribution in [0.3, 0.4) is 0 Å². The number of carbonyl (C=O) groups excluding carboxylic acids is 1. The minimum absolute atomic E-state index is 0.117. The minimum atomic E-state index is -0.844. The molecule has 1 amide bonds. The first-order chi connectivity index (χ1) is 10.1. The number of carbonyl (C=O) groups is 2. The predicted molar refractivity (Wildman–Crippen MR) is 83.4 cm³/mol. The lowest BCUT2D eigenvalue weighted by molar-refractivity contribution is -0.152. The lowest BCUT2D eigenvalue weighted by atomic mass is 9.77. The van der Waals surface area contributed by atoms with E-state index in [1.54, 1.807) is 11.3 Å². The summed E-state index contributed by atoms with van der Waals surface area (Å²) in [7, 11) is 0. The van der Waals surface area contributed by atoms with Gasteiger partial charge in [-0.25, -0.2) is 0 Å². The van der Waals surface area contributed by atoms with Crippen molar-refractivity contribution in [2.24, 2.45) is 5.41 Å². The first-order valence-electron chi connectivity index (χ1n) is 7.64. The fourth-order valence-electron chi connectivity index (χ4n) is 3.02. The first kappa shape index (κ1) is 16.0. The van der Waals surface area contributed by atoms with Crippen LogP contribution in [-0.2, 0) is 16.0 Å². The van der Waals surface area contributed by atoms with Crippen LogP contribution in [0.4, 0.5) is 0 Å². The second-order valence-electron chi connectivity index (χ2n) is 5.91. The molecular formula is C16H23NO3S. The number of carboxylic acid groups (broad SMARTS) is 1. The van der Waals surface area contributed by atoms with Crippen LogP contribution < -0.4 is 5.32 Å². The van der Waals surface area contributed by atoms with E-state index in [2.05, 4.69) is 10.7 Å². The van der Waals surface area contributed by atoms with E-state index in [1.165, 1.54) is 5.56 Å². The number of rotatable bonds is 6. The molecule has 0 atom stereocenters. The summed E-state index contributed by atoms with van der Waals surface area (Å²) in [4.78, 5) is 23.7. The molecule has 1 fully saturated rings. The molecule has 1 aromatic heterocycles. The standard InChI is InChI=1S/C16H23NO3S/c18-14(17-9-5-13-6-10-21-12-13)11-16(15(19)20)7-3-1-2-4-8-16/h6,10,12H,1-5,7-9,11H2,(H,17,18)(H,19,20). The molecule has 1 saturated carbocycles. The monoisotopic (exact) mass is 309 g/mol. The molecule has 0 unspecified atom stereocenters. The topological polar surface area (TPSA) is 66.4 Å². The summed E-state index contributed by atoms with van der Waals surface area (Å²) in [5, 5.41) is 16.5. The summed E-state index contributed by atoms with van der Waals surface area (Å²) in [6.45, 7) is 0.575. The highest BCUT2D eigenvalue weighted by Crippen LogP contribution is 2.38. The van der Waals surface area contributed by atoms with E-state index in [9.17, 15) is 14.7 Å². The number of aliphatic carboxylic acids is 1. The molecule has 0 aliphatic heterocycles. The fraction of sp³-hybridized carbons (Fsp3) is 0.625. The van der Waals surface area contributed by atoms with Gasteiger partial charge in [-0.3, -0.25) is 9.59 Å². The van der Waals surface area contributed by atoms with Gasteiger partial charge in [0.15, 0.2) is 0 Å². The normalized spacial score (nSPS) is 17.9. The van der Waals surface area contributed by atoms with Gasteiger partial charge >= 0.3 is 5.97 Å². The van der Waals surface area contributed by atoms with Gasteiger partial charge in [-0.15, -0.1) is 0 Å². The van der Waals surface area contributed by atoms with E-state index < -0.39 is 11.4 Å². The Kier molecular flexibility index (Phi) is 5.79. The van der Waals surface area contributed by atoms with Crippen LogP contribution in [0.15, 0.2) is 16.8 Å². The van der Waals surface area contributed by atoms with Crippen LogP contribution in [0.5, 0.6) is 0 Å². The highest BCUT2D eigenvalue weighted by molar-refractivity contribution is 7.07. The largest absolute Gasteiger partial charge is 0.481 e. The second kappa shape index (κ2) is 7.59. The highest BCUT2D eigenvalue weighted by Gasteiger charge is 2.40. The number of thiophene rings is 1. The first-order valence-corrected chi connectivity index (χ1v) is 8.58. The summed E-state index contributed by atoms with van der Waals surface area (Å²) < 4.78 is 0. The number of amides is 1. The Labute approximate surface area is 129 Å². The zero-order chi connectivity index (χ0) is 15.1. The summed E-state index contributed by atoms with van der Waals surface area (Å²) in [5.74, 6) is -0.938. The van der Waals surface area contributed by atoms with Crippen molar-refractivity contribution in [1.82, 2.24) is 5.32 Å². The maximum atomic E-state index is 12.1. The van der Waals surface area contributed by atoms with E-state index in [-0.39, 0.29) is 12.3 Å². The zero-order valence-electron chi connectivity index (χ0n) is 12.3.